The van der Waals surface area contributed by atoms with Crippen molar-refractivity contribution in [1.29, 1.82) is 5.41 Å². The molecule has 1 rings (SSSR count). The fourth-order valence-corrected chi connectivity index (χ4v) is 1.09. The van der Waals surface area contributed by atoms with Gasteiger partial charge in [0.2, 0.25) is 0 Å². The van der Waals surface area contributed by atoms with Crippen molar-refractivity contribution in [1.82, 2.24) is 5.32 Å². The quantitative estimate of drug-likeness (QED) is 0.676. The zero-order valence-corrected chi connectivity index (χ0v) is 7.70. The van der Waals surface area contributed by atoms with Gasteiger partial charge in [0.15, 0.2) is 0 Å². The predicted octanol–water partition coefficient (Wildman–Crippen LogP) is 2.50. The summed E-state index contributed by atoms with van der Waals surface area (Å²) in [6, 6.07) is 10.5. The average molecular weight is 174 g/mol. The molecule has 2 nitrogen and oxygen atoms in total. The topological polar surface area (TPSA) is 35.9 Å². The average Bonchev–Trinajstić information content (AvgIpc) is 2.19. The number of benzene rings is 1. The number of rotatable bonds is 4. The summed E-state index contributed by atoms with van der Waals surface area (Å²) in [5.74, 6) is 0. The van der Waals surface area contributed by atoms with Crippen molar-refractivity contribution in [3.05, 3.63) is 48.2 Å². The van der Waals surface area contributed by atoms with Gasteiger partial charge in [-0.3, -0.25) is 0 Å². The highest BCUT2D eigenvalue weighted by molar-refractivity contribution is 5.67. The summed E-state index contributed by atoms with van der Waals surface area (Å²) in [5.41, 5.74) is 1.25. The Morgan fingerprint density at radius 2 is 2.00 bits per heavy atom. The largest absolute Gasteiger partial charge is 0.384 e. The van der Waals surface area contributed by atoms with Gasteiger partial charge in [0.1, 0.15) is 0 Å². The third kappa shape index (κ3) is 3.11. The molecule has 0 saturated carbocycles. The van der Waals surface area contributed by atoms with Gasteiger partial charge in [-0.2, -0.15) is 0 Å². The molecular weight excluding hydrogens is 160 g/mol. The molecule has 1 unspecified atom stereocenters. The molecule has 2 N–H and O–H groups in total. The van der Waals surface area contributed by atoms with Gasteiger partial charge in [0.25, 0.3) is 0 Å². The molecule has 1 aromatic rings. The number of hydrogen-bond acceptors (Lipinski definition) is 2. The smallest absolute Gasteiger partial charge is 0.0480 e. The van der Waals surface area contributed by atoms with E-state index in [1.165, 1.54) is 11.8 Å². The first-order valence-corrected chi connectivity index (χ1v) is 4.31. The van der Waals surface area contributed by atoms with Crippen molar-refractivity contribution in [3.63, 3.8) is 0 Å². The molecule has 0 amide bonds. The van der Waals surface area contributed by atoms with Gasteiger partial charge < -0.3 is 10.7 Å². The van der Waals surface area contributed by atoms with E-state index in [1.807, 2.05) is 18.2 Å². The zero-order chi connectivity index (χ0) is 9.52. The van der Waals surface area contributed by atoms with Gasteiger partial charge in [-0.05, 0) is 24.8 Å². The van der Waals surface area contributed by atoms with Crippen molar-refractivity contribution >= 4 is 6.21 Å². The van der Waals surface area contributed by atoms with Crippen molar-refractivity contribution in [3.8, 4) is 0 Å². The van der Waals surface area contributed by atoms with Crippen LogP contribution in [0.25, 0.3) is 0 Å². The van der Waals surface area contributed by atoms with E-state index >= 15 is 0 Å². The molecule has 1 aromatic carbocycles. The SMILES string of the molecule is CC(N/C=C\C=N)c1ccccc1. The van der Waals surface area contributed by atoms with Crippen LogP contribution in [0.4, 0.5) is 0 Å². The molecule has 0 spiro atoms. The molecule has 68 valence electrons. The Hall–Kier alpha value is -1.57. The van der Waals surface area contributed by atoms with Crippen molar-refractivity contribution in [2.24, 2.45) is 0 Å². The highest BCUT2D eigenvalue weighted by Crippen LogP contribution is 2.10. The lowest BCUT2D eigenvalue weighted by molar-refractivity contribution is 0.687. The number of nitrogens with one attached hydrogen (secondary N) is 2. The Bertz CT molecular complexity index is 277. The van der Waals surface area contributed by atoms with Gasteiger partial charge >= 0.3 is 0 Å². The molecule has 0 saturated heterocycles. The minimum Gasteiger partial charge on any atom is -0.384 e. The van der Waals surface area contributed by atoms with Crippen molar-refractivity contribution < 1.29 is 0 Å². The van der Waals surface area contributed by atoms with Crippen LogP contribution in [0.5, 0.6) is 0 Å². The van der Waals surface area contributed by atoms with Crippen LogP contribution in [0.1, 0.15) is 18.5 Å². The first-order chi connectivity index (χ1) is 6.34. The van der Waals surface area contributed by atoms with Crippen LogP contribution >= 0.6 is 0 Å². The standard InChI is InChI=1S/C11H14N2/c1-10(13-9-5-8-12)11-6-3-2-4-7-11/h2-10,12-13H,1H3/b9-5-,12-8?. The first-order valence-electron chi connectivity index (χ1n) is 4.31. The molecule has 2 heteroatoms. The van der Waals surface area contributed by atoms with E-state index in [4.69, 9.17) is 5.41 Å². The van der Waals surface area contributed by atoms with Crippen LogP contribution < -0.4 is 5.32 Å². The van der Waals surface area contributed by atoms with Gasteiger partial charge in [0.05, 0.1) is 0 Å². The second-order valence-electron chi connectivity index (χ2n) is 2.82. The van der Waals surface area contributed by atoms with Crippen LogP contribution in [-0.2, 0) is 0 Å². The fourth-order valence-electron chi connectivity index (χ4n) is 1.09. The Balaban J connectivity index is 2.53. The minimum atomic E-state index is 0.289. The Kier molecular flexibility index (Phi) is 3.76. The second-order valence-corrected chi connectivity index (χ2v) is 2.82. The number of allylic oxidation sites excluding steroid dienone is 1. The summed E-state index contributed by atoms with van der Waals surface area (Å²) in [7, 11) is 0. The third-order valence-electron chi connectivity index (χ3n) is 1.84. The third-order valence-corrected chi connectivity index (χ3v) is 1.84. The van der Waals surface area contributed by atoms with E-state index < -0.39 is 0 Å². The molecular formula is C11H14N2. The Labute approximate surface area is 78.8 Å². The molecule has 0 fully saturated rings. The molecule has 0 heterocycles. The first kappa shape index (κ1) is 9.52. The molecule has 13 heavy (non-hydrogen) atoms. The van der Waals surface area contributed by atoms with E-state index in [0.29, 0.717) is 0 Å². The fraction of sp³-hybridized carbons (Fsp3) is 0.182. The van der Waals surface area contributed by atoms with Crippen molar-refractivity contribution in [2.45, 2.75) is 13.0 Å². The summed E-state index contributed by atoms with van der Waals surface area (Å²) in [6.45, 7) is 2.09. The van der Waals surface area contributed by atoms with E-state index in [2.05, 4.69) is 24.4 Å². The van der Waals surface area contributed by atoms with Gasteiger partial charge in [-0.1, -0.05) is 30.3 Å². The van der Waals surface area contributed by atoms with Gasteiger partial charge in [-0.15, -0.1) is 0 Å². The lowest BCUT2D eigenvalue weighted by Gasteiger charge is -2.11. The minimum absolute atomic E-state index is 0.289. The molecule has 1 atom stereocenters. The van der Waals surface area contributed by atoms with Gasteiger partial charge in [-0.25, -0.2) is 0 Å². The van der Waals surface area contributed by atoms with E-state index in [9.17, 15) is 0 Å². The van der Waals surface area contributed by atoms with Crippen LogP contribution in [0, 0.1) is 5.41 Å². The highest BCUT2D eigenvalue weighted by Gasteiger charge is 1.99. The summed E-state index contributed by atoms with van der Waals surface area (Å²) < 4.78 is 0. The Morgan fingerprint density at radius 3 is 2.62 bits per heavy atom. The predicted molar refractivity (Wildman–Crippen MR) is 55.9 cm³/mol. The lowest BCUT2D eigenvalue weighted by atomic mass is 10.1. The molecule has 0 aromatic heterocycles. The lowest BCUT2D eigenvalue weighted by Crippen LogP contribution is -2.11. The highest BCUT2D eigenvalue weighted by atomic mass is 14.9. The molecule has 0 aliphatic heterocycles. The van der Waals surface area contributed by atoms with E-state index in [1.54, 1.807) is 12.3 Å². The van der Waals surface area contributed by atoms with Crippen LogP contribution in [0.2, 0.25) is 0 Å². The van der Waals surface area contributed by atoms with E-state index in [0.717, 1.165) is 0 Å². The van der Waals surface area contributed by atoms with Crippen LogP contribution in [0.3, 0.4) is 0 Å². The van der Waals surface area contributed by atoms with Crippen LogP contribution in [-0.4, -0.2) is 6.21 Å². The molecule has 0 aliphatic rings. The molecule has 0 aliphatic carbocycles. The van der Waals surface area contributed by atoms with E-state index in [-0.39, 0.29) is 6.04 Å². The summed E-state index contributed by atoms with van der Waals surface area (Å²) in [6.07, 6.45) is 4.70. The molecule has 0 bridgehead atoms. The van der Waals surface area contributed by atoms with Crippen LogP contribution in [0.15, 0.2) is 42.6 Å². The second kappa shape index (κ2) is 5.14. The maximum Gasteiger partial charge on any atom is 0.0480 e. The molecule has 0 radical (unpaired) electrons. The maximum absolute atomic E-state index is 6.80. The summed E-state index contributed by atoms with van der Waals surface area (Å²) >= 11 is 0. The number of hydrogen-bond donors (Lipinski definition) is 2. The Morgan fingerprint density at radius 1 is 1.31 bits per heavy atom. The summed E-state index contributed by atoms with van der Waals surface area (Å²) in [5, 5.41) is 9.97. The van der Waals surface area contributed by atoms with Gasteiger partial charge in [0, 0.05) is 12.3 Å². The normalized spacial score (nSPS) is 12.7. The zero-order valence-electron chi connectivity index (χ0n) is 7.70. The summed E-state index contributed by atoms with van der Waals surface area (Å²) in [4.78, 5) is 0. The maximum atomic E-state index is 6.80. The van der Waals surface area contributed by atoms with Crippen molar-refractivity contribution in [2.75, 3.05) is 0 Å². The monoisotopic (exact) mass is 174 g/mol.